The molecule has 0 bridgehead atoms. The molecule has 1 fully saturated rings. The van der Waals surface area contributed by atoms with Crippen molar-refractivity contribution in [1.29, 1.82) is 0 Å². The standard InChI is InChI=1S/C8H6N2O4S2/c1-13-7-6(12)9-4(14-7)2-3-5(11)10-8(15)16-3/h2,12H,1H3,(H,10,11,15)/b3-2-. The molecule has 0 atom stereocenters. The van der Waals surface area contributed by atoms with Crippen LogP contribution in [0.2, 0.25) is 0 Å². The average Bonchev–Trinajstić information content (AvgIpc) is 2.71. The Morgan fingerprint density at radius 1 is 1.69 bits per heavy atom. The highest BCUT2D eigenvalue weighted by Crippen LogP contribution is 2.30. The lowest BCUT2D eigenvalue weighted by Crippen LogP contribution is -2.17. The normalized spacial score (nSPS) is 17.9. The van der Waals surface area contributed by atoms with E-state index in [0.717, 1.165) is 11.8 Å². The van der Waals surface area contributed by atoms with Gasteiger partial charge < -0.3 is 19.6 Å². The molecule has 2 N–H and O–H groups in total. The van der Waals surface area contributed by atoms with Crippen LogP contribution < -0.4 is 10.1 Å². The zero-order valence-electron chi connectivity index (χ0n) is 8.01. The number of ether oxygens (including phenoxy) is 1. The molecule has 2 heterocycles. The summed E-state index contributed by atoms with van der Waals surface area (Å²) in [6, 6.07) is 0. The summed E-state index contributed by atoms with van der Waals surface area (Å²) in [5, 5.41) is 11.7. The van der Waals surface area contributed by atoms with Crippen molar-refractivity contribution >= 4 is 40.3 Å². The van der Waals surface area contributed by atoms with Crippen LogP contribution in [0.3, 0.4) is 0 Å². The molecule has 0 spiro atoms. The molecular weight excluding hydrogens is 252 g/mol. The number of methoxy groups -OCH3 is 1. The second-order valence-corrected chi connectivity index (χ2v) is 4.44. The molecule has 1 aromatic heterocycles. The van der Waals surface area contributed by atoms with E-state index in [4.69, 9.17) is 21.4 Å². The zero-order chi connectivity index (χ0) is 11.7. The van der Waals surface area contributed by atoms with Gasteiger partial charge in [-0.2, -0.15) is 4.98 Å². The van der Waals surface area contributed by atoms with Gasteiger partial charge in [0, 0.05) is 6.08 Å². The third-order valence-corrected chi connectivity index (χ3v) is 2.84. The number of rotatable bonds is 2. The van der Waals surface area contributed by atoms with E-state index < -0.39 is 0 Å². The van der Waals surface area contributed by atoms with Crippen LogP contribution in [0.15, 0.2) is 9.32 Å². The van der Waals surface area contributed by atoms with Gasteiger partial charge in [0.2, 0.25) is 5.89 Å². The lowest BCUT2D eigenvalue weighted by atomic mass is 10.4. The number of thioether (sulfide) groups is 1. The molecule has 0 unspecified atom stereocenters. The molecule has 0 aromatic carbocycles. The summed E-state index contributed by atoms with van der Waals surface area (Å²) >= 11 is 5.91. The topological polar surface area (TPSA) is 84.6 Å². The SMILES string of the molecule is COc1oc(/C=C2\SC(=S)NC2=O)nc1O. The Morgan fingerprint density at radius 3 is 2.94 bits per heavy atom. The number of aromatic hydroxyl groups is 1. The quantitative estimate of drug-likeness (QED) is 0.601. The van der Waals surface area contributed by atoms with E-state index in [1.165, 1.54) is 13.2 Å². The van der Waals surface area contributed by atoms with E-state index in [-0.39, 0.29) is 23.6 Å². The van der Waals surface area contributed by atoms with E-state index in [1.54, 1.807) is 0 Å². The predicted octanol–water partition coefficient (Wildman–Crippen LogP) is 0.878. The van der Waals surface area contributed by atoms with E-state index in [1.807, 2.05) is 0 Å². The van der Waals surface area contributed by atoms with Crippen LogP contribution >= 0.6 is 24.0 Å². The second-order valence-electron chi connectivity index (χ2n) is 2.72. The fraction of sp³-hybridized carbons (Fsp3) is 0.125. The fourth-order valence-electron chi connectivity index (χ4n) is 1.04. The van der Waals surface area contributed by atoms with E-state index in [0.29, 0.717) is 9.23 Å². The third-order valence-electron chi connectivity index (χ3n) is 1.68. The average molecular weight is 258 g/mol. The van der Waals surface area contributed by atoms with Crippen molar-refractivity contribution in [1.82, 2.24) is 10.3 Å². The molecule has 1 aliphatic rings. The minimum absolute atomic E-state index is 0.0803. The van der Waals surface area contributed by atoms with Crippen LogP contribution in [-0.4, -0.2) is 27.4 Å². The van der Waals surface area contributed by atoms with Gasteiger partial charge in [-0.1, -0.05) is 24.0 Å². The highest BCUT2D eigenvalue weighted by Gasteiger charge is 2.23. The fourth-order valence-corrected chi connectivity index (χ4v) is 2.05. The molecule has 1 amide bonds. The summed E-state index contributed by atoms with van der Waals surface area (Å²) in [6.45, 7) is 0. The first-order valence-corrected chi connectivity index (χ1v) is 5.31. The van der Waals surface area contributed by atoms with Crippen molar-refractivity contribution in [3.8, 4) is 11.8 Å². The van der Waals surface area contributed by atoms with Gasteiger partial charge in [-0.15, -0.1) is 0 Å². The minimum Gasteiger partial charge on any atom is -0.488 e. The van der Waals surface area contributed by atoms with Gasteiger partial charge in [0.25, 0.3) is 11.8 Å². The zero-order valence-corrected chi connectivity index (χ0v) is 9.65. The molecule has 1 aromatic rings. The van der Waals surface area contributed by atoms with Crippen molar-refractivity contribution < 1.29 is 19.1 Å². The van der Waals surface area contributed by atoms with Crippen LogP contribution in [0.4, 0.5) is 0 Å². The van der Waals surface area contributed by atoms with Gasteiger partial charge in [-0.3, -0.25) is 4.79 Å². The Morgan fingerprint density at radius 2 is 2.44 bits per heavy atom. The van der Waals surface area contributed by atoms with E-state index >= 15 is 0 Å². The number of carbonyl (C=O) groups excluding carboxylic acids is 1. The Bertz CT molecular complexity index is 494. The van der Waals surface area contributed by atoms with Gasteiger partial charge in [-0.05, 0) is 0 Å². The molecule has 0 saturated carbocycles. The van der Waals surface area contributed by atoms with Crippen molar-refractivity contribution in [2.24, 2.45) is 0 Å². The van der Waals surface area contributed by atoms with Crippen LogP contribution in [0.25, 0.3) is 6.08 Å². The lowest BCUT2D eigenvalue weighted by Gasteiger charge is -1.89. The predicted molar refractivity (Wildman–Crippen MR) is 61.0 cm³/mol. The van der Waals surface area contributed by atoms with Crippen LogP contribution in [-0.2, 0) is 4.79 Å². The number of aromatic nitrogens is 1. The highest BCUT2D eigenvalue weighted by atomic mass is 32.2. The smallest absolute Gasteiger partial charge is 0.351 e. The number of nitrogens with one attached hydrogen (secondary N) is 1. The van der Waals surface area contributed by atoms with E-state index in [2.05, 4.69) is 10.3 Å². The van der Waals surface area contributed by atoms with Gasteiger partial charge in [-0.25, -0.2) is 0 Å². The molecule has 0 aliphatic carbocycles. The first-order valence-electron chi connectivity index (χ1n) is 4.09. The first-order chi connectivity index (χ1) is 7.60. The maximum Gasteiger partial charge on any atom is 0.351 e. The Labute approximate surface area is 99.7 Å². The Kier molecular flexibility index (Phi) is 2.84. The molecule has 1 aliphatic heterocycles. The molecule has 2 rings (SSSR count). The summed E-state index contributed by atoms with van der Waals surface area (Å²) in [7, 11) is 1.34. The number of carbonyl (C=O) groups is 1. The number of nitrogens with zero attached hydrogens (tertiary/aromatic N) is 1. The number of hydrogen-bond acceptors (Lipinski definition) is 7. The third kappa shape index (κ3) is 2.02. The molecular formula is C8H6N2O4S2. The first kappa shape index (κ1) is 11.0. The number of hydrogen-bond donors (Lipinski definition) is 2. The van der Waals surface area contributed by atoms with Crippen LogP contribution in [0.1, 0.15) is 5.89 Å². The van der Waals surface area contributed by atoms with Crippen LogP contribution in [0.5, 0.6) is 11.8 Å². The molecule has 16 heavy (non-hydrogen) atoms. The largest absolute Gasteiger partial charge is 0.488 e. The summed E-state index contributed by atoms with van der Waals surface area (Å²) in [5.41, 5.74) is 0. The van der Waals surface area contributed by atoms with E-state index in [9.17, 15) is 9.90 Å². The van der Waals surface area contributed by atoms with Crippen molar-refractivity contribution in [3.63, 3.8) is 0 Å². The summed E-state index contributed by atoms with van der Waals surface area (Å²) in [6.07, 6.45) is 1.38. The number of thiocarbonyl (C=S) groups is 1. The molecule has 8 heteroatoms. The van der Waals surface area contributed by atoms with Crippen LogP contribution in [0, 0.1) is 0 Å². The summed E-state index contributed by atoms with van der Waals surface area (Å²) in [5.74, 6) is -0.693. The Balaban J connectivity index is 2.29. The van der Waals surface area contributed by atoms with Gasteiger partial charge >= 0.3 is 5.95 Å². The molecule has 6 nitrogen and oxygen atoms in total. The Hall–Kier alpha value is -1.54. The monoisotopic (exact) mass is 258 g/mol. The van der Waals surface area contributed by atoms with Crippen molar-refractivity contribution in [2.75, 3.05) is 7.11 Å². The maximum atomic E-state index is 11.3. The highest BCUT2D eigenvalue weighted by molar-refractivity contribution is 8.26. The number of oxazole rings is 1. The second kappa shape index (κ2) is 4.14. The van der Waals surface area contributed by atoms with Gasteiger partial charge in [0.15, 0.2) is 0 Å². The minimum atomic E-state index is -0.361. The summed E-state index contributed by atoms with van der Waals surface area (Å²) in [4.78, 5) is 15.3. The lowest BCUT2D eigenvalue weighted by molar-refractivity contribution is -0.115. The van der Waals surface area contributed by atoms with Gasteiger partial charge in [0.1, 0.15) is 4.32 Å². The summed E-state index contributed by atoms with van der Waals surface area (Å²) < 4.78 is 10.1. The maximum absolute atomic E-state index is 11.3. The molecule has 0 radical (unpaired) electrons. The van der Waals surface area contributed by atoms with Gasteiger partial charge in [0.05, 0.1) is 12.0 Å². The van der Waals surface area contributed by atoms with Crippen molar-refractivity contribution in [3.05, 3.63) is 10.8 Å². The number of amides is 1. The molecule has 84 valence electrons. The van der Waals surface area contributed by atoms with Crippen molar-refractivity contribution in [2.45, 2.75) is 0 Å². The molecule has 1 saturated heterocycles.